The van der Waals surface area contributed by atoms with Crippen LogP contribution >= 0.6 is 0 Å². The molecule has 0 radical (unpaired) electrons. The second-order valence-corrected chi connectivity index (χ2v) is 5.58. The summed E-state index contributed by atoms with van der Waals surface area (Å²) >= 11 is 0. The zero-order valence-electron chi connectivity index (χ0n) is 13.1. The van der Waals surface area contributed by atoms with Gasteiger partial charge in [-0.2, -0.15) is 4.98 Å². The van der Waals surface area contributed by atoms with Crippen molar-refractivity contribution in [1.29, 1.82) is 0 Å². The topological polar surface area (TPSA) is 81.4 Å². The molecule has 0 amide bonds. The molecule has 0 aliphatic carbocycles. The molecule has 7 heteroatoms. The molecule has 0 spiro atoms. The van der Waals surface area contributed by atoms with Gasteiger partial charge in [-0.15, -0.1) is 0 Å². The standard InChI is InChI=1S/C16H20N4O3/c1-2-22-16(21)13-6-4-8-20(10-13)11-14-18-15(19-23-14)12-5-3-7-17-9-12/h3,5,7,9,13H,2,4,6,8,10-11H2,1H3. The second-order valence-electron chi connectivity index (χ2n) is 5.58. The summed E-state index contributed by atoms with van der Waals surface area (Å²) in [4.78, 5) is 22.5. The number of hydrogen-bond donors (Lipinski definition) is 0. The highest BCUT2D eigenvalue weighted by Crippen LogP contribution is 2.20. The van der Waals surface area contributed by atoms with E-state index in [-0.39, 0.29) is 11.9 Å². The van der Waals surface area contributed by atoms with E-state index in [1.807, 2.05) is 19.1 Å². The molecule has 2 aromatic rings. The first-order valence-corrected chi connectivity index (χ1v) is 7.88. The van der Waals surface area contributed by atoms with E-state index in [9.17, 15) is 4.79 Å². The summed E-state index contributed by atoms with van der Waals surface area (Å²) in [5.41, 5.74) is 0.825. The summed E-state index contributed by atoms with van der Waals surface area (Å²) < 4.78 is 10.4. The van der Waals surface area contributed by atoms with E-state index in [1.165, 1.54) is 0 Å². The van der Waals surface area contributed by atoms with Crippen LogP contribution in [0, 0.1) is 5.92 Å². The van der Waals surface area contributed by atoms with Gasteiger partial charge in [-0.05, 0) is 38.4 Å². The van der Waals surface area contributed by atoms with Gasteiger partial charge in [0.2, 0.25) is 11.7 Å². The molecule has 1 aliphatic heterocycles. The summed E-state index contributed by atoms with van der Waals surface area (Å²) in [7, 11) is 0. The molecule has 0 saturated carbocycles. The third-order valence-electron chi connectivity index (χ3n) is 3.87. The lowest BCUT2D eigenvalue weighted by Crippen LogP contribution is -2.39. The number of piperidine rings is 1. The van der Waals surface area contributed by atoms with Crippen molar-refractivity contribution in [3.63, 3.8) is 0 Å². The summed E-state index contributed by atoms with van der Waals surface area (Å²) in [6, 6.07) is 3.72. The van der Waals surface area contributed by atoms with Gasteiger partial charge in [0.15, 0.2) is 0 Å². The molecule has 1 fully saturated rings. The van der Waals surface area contributed by atoms with E-state index in [0.29, 0.717) is 31.4 Å². The van der Waals surface area contributed by atoms with Crippen molar-refractivity contribution in [2.75, 3.05) is 19.7 Å². The largest absolute Gasteiger partial charge is 0.466 e. The summed E-state index contributed by atoms with van der Waals surface area (Å²) in [5, 5.41) is 3.99. The second kappa shape index (κ2) is 7.32. The molecule has 3 heterocycles. The van der Waals surface area contributed by atoms with Gasteiger partial charge in [-0.3, -0.25) is 14.7 Å². The van der Waals surface area contributed by atoms with E-state index in [0.717, 1.165) is 24.9 Å². The van der Waals surface area contributed by atoms with Crippen molar-refractivity contribution < 1.29 is 14.1 Å². The number of esters is 1. The van der Waals surface area contributed by atoms with Gasteiger partial charge in [0.25, 0.3) is 0 Å². The molecule has 1 unspecified atom stereocenters. The minimum absolute atomic E-state index is 0.0654. The fourth-order valence-electron chi connectivity index (χ4n) is 2.77. The Labute approximate surface area is 134 Å². The Morgan fingerprint density at radius 3 is 3.22 bits per heavy atom. The zero-order chi connectivity index (χ0) is 16.1. The predicted octanol–water partition coefficient (Wildman–Crippen LogP) is 1.91. The molecule has 2 aromatic heterocycles. The van der Waals surface area contributed by atoms with Crippen LogP contribution in [0.2, 0.25) is 0 Å². The lowest BCUT2D eigenvalue weighted by molar-refractivity contribution is -0.150. The minimum Gasteiger partial charge on any atom is -0.466 e. The van der Waals surface area contributed by atoms with E-state index in [2.05, 4.69) is 20.0 Å². The third-order valence-corrected chi connectivity index (χ3v) is 3.87. The van der Waals surface area contributed by atoms with Crippen LogP contribution in [0.5, 0.6) is 0 Å². The molecule has 122 valence electrons. The van der Waals surface area contributed by atoms with Crippen LogP contribution in [0.25, 0.3) is 11.4 Å². The third kappa shape index (κ3) is 3.92. The highest BCUT2D eigenvalue weighted by atomic mass is 16.5. The fraction of sp³-hybridized carbons (Fsp3) is 0.500. The van der Waals surface area contributed by atoms with E-state index < -0.39 is 0 Å². The van der Waals surface area contributed by atoms with E-state index in [1.54, 1.807) is 12.4 Å². The first kappa shape index (κ1) is 15.6. The van der Waals surface area contributed by atoms with Crippen molar-refractivity contribution >= 4 is 5.97 Å². The van der Waals surface area contributed by atoms with Crippen LogP contribution in [0.15, 0.2) is 29.0 Å². The molecular weight excluding hydrogens is 296 g/mol. The van der Waals surface area contributed by atoms with Crippen LogP contribution in [0.4, 0.5) is 0 Å². The van der Waals surface area contributed by atoms with Gasteiger partial charge in [-0.1, -0.05) is 5.16 Å². The van der Waals surface area contributed by atoms with Gasteiger partial charge >= 0.3 is 5.97 Å². The average Bonchev–Trinajstić information content (AvgIpc) is 3.05. The number of carbonyl (C=O) groups is 1. The quantitative estimate of drug-likeness (QED) is 0.779. The maximum Gasteiger partial charge on any atom is 0.310 e. The molecule has 3 rings (SSSR count). The van der Waals surface area contributed by atoms with Crippen molar-refractivity contribution in [1.82, 2.24) is 20.0 Å². The molecule has 0 N–H and O–H groups in total. The molecule has 23 heavy (non-hydrogen) atoms. The molecule has 1 saturated heterocycles. The van der Waals surface area contributed by atoms with Gasteiger partial charge in [0.05, 0.1) is 19.1 Å². The van der Waals surface area contributed by atoms with Crippen LogP contribution in [-0.2, 0) is 16.1 Å². The van der Waals surface area contributed by atoms with Crippen molar-refractivity contribution in [3.8, 4) is 11.4 Å². The van der Waals surface area contributed by atoms with Crippen molar-refractivity contribution in [2.45, 2.75) is 26.3 Å². The normalized spacial score (nSPS) is 18.7. The zero-order valence-corrected chi connectivity index (χ0v) is 13.1. The Morgan fingerprint density at radius 2 is 2.43 bits per heavy atom. The van der Waals surface area contributed by atoms with Crippen LogP contribution in [0.3, 0.4) is 0 Å². The number of aromatic nitrogens is 3. The Kier molecular flexibility index (Phi) is 4.97. The predicted molar refractivity (Wildman–Crippen MR) is 82.2 cm³/mol. The number of nitrogens with zero attached hydrogens (tertiary/aromatic N) is 4. The summed E-state index contributed by atoms with van der Waals surface area (Å²) in [5.74, 6) is 0.906. The average molecular weight is 316 g/mol. The number of hydrogen-bond acceptors (Lipinski definition) is 7. The van der Waals surface area contributed by atoms with Crippen molar-refractivity contribution in [2.24, 2.45) is 5.92 Å². The molecular formula is C16H20N4O3. The van der Waals surface area contributed by atoms with Gasteiger partial charge in [0.1, 0.15) is 0 Å². The Balaban J connectivity index is 1.61. The number of carbonyl (C=O) groups excluding carboxylic acids is 1. The Hall–Kier alpha value is -2.28. The van der Waals surface area contributed by atoms with Crippen LogP contribution in [0.1, 0.15) is 25.7 Å². The SMILES string of the molecule is CCOC(=O)C1CCCN(Cc2nc(-c3cccnc3)no2)C1. The highest BCUT2D eigenvalue weighted by Gasteiger charge is 2.27. The Bertz CT molecular complexity index is 644. The Morgan fingerprint density at radius 1 is 1.52 bits per heavy atom. The minimum atomic E-state index is -0.112. The fourth-order valence-corrected chi connectivity index (χ4v) is 2.77. The van der Waals surface area contributed by atoms with Crippen LogP contribution < -0.4 is 0 Å². The lowest BCUT2D eigenvalue weighted by atomic mass is 9.98. The lowest BCUT2D eigenvalue weighted by Gasteiger charge is -2.30. The maximum absolute atomic E-state index is 11.9. The molecule has 0 aromatic carbocycles. The smallest absolute Gasteiger partial charge is 0.310 e. The summed E-state index contributed by atoms with van der Waals surface area (Å²) in [6.07, 6.45) is 5.24. The number of rotatable bonds is 5. The van der Waals surface area contributed by atoms with E-state index in [4.69, 9.17) is 9.26 Å². The van der Waals surface area contributed by atoms with Gasteiger partial charge in [-0.25, -0.2) is 0 Å². The molecule has 0 bridgehead atoms. The monoisotopic (exact) mass is 316 g/mol. The number of likely N-dealkylation sites (tertiary alicyclic amines) is 1. The maximum atomic E-state index is 11.9. The first-order valence-electron chi connectivity index (χ1n) is 7.88. The van der Waals surface area contributed by atoms with Gasteiger partial charge in [0, 0.05) is 24.5 Å². The molecule has 1 aliphatic rings. The molecule has 7 nitrogen and oxygen atoms in total. The number of pyridine rings is 1. The number of ether oxygens (including phenoxy) is 1. The summed E-state index contributed by atoms with van der Waals surface area (Å²) in [6.45, 7) is 4.39. The van der Waals surface area contributed by atoms with Crippen LogP contribution in [-0.4, -0.2) is 45.7 Å². The first-order chi connectivity index (χ1) is 11.3. The van der Waals surface area contributed by atoms with Gasteiger partial charge < -0.3 is 9.26 Å². The van der Waals surface area contributed by atoms with Crippen molar-refractivity contribution in [3.05, 3.63) is 30.4 Å². The van der Waals surface area contributed by atoms with E-state index >= 15 is 0 Å². The molecule has 1 atom stereocenters. The highest BCUT2D eigenvalue weighted by molar-refractivity contribution is 5.72.